The van der Waals surface area contributed by atoms with Gasteiger partial charge in [0.1, 0.15) is 5.75 Å². The molecule has 2 rings (SSSR count). The second kappa shape index (κ2) is 4.07. The Balaban J connectivity index is 2.27. The molecule has 1 fully saturated rings. The van der Waals surface area contributed by atoms with Gasteiger partial charge in [-0.25, -0.2) is 8.42 Å². The zero-order valence-corrected chi connectivity index (χ0v) is 9.94. The standard InChI is InChI=1S/C11H15NO3S/c1-12(9-3-2-4-9)16(14,15)11-7-5-10(13)6-8-11/h5-9,13H,2-4H2,1H3. The first-order chi connectivity index (χ1) is 7.51. The van der Waals surface area contributed by atoms with E-state index in [-0.39, 0.29) is 16.7 Å². The molecular weight excluding hydrogens is 226 g/mol. The first-order valence-electron chi connectivity index (χ1n) is 5.29. The smallest absolute Gasteiger partial charge is 0.243 e. The molecule has 1 aromatic carbocycles. The van der Waals surface area contributed by atoms with Gasteiger partial charge in [-0.2, -0.15) is 4.31 Å². The summed E-state index contributed by atoms with van der Waals surface area (Å²) in [5.41, 5.74) is 0. The third-order valence-corrected chi connectivity index (χ3v) is 5.03. The summed E-state index contributed by atoms with van der Waals surface area (Å²) in [6.07, 6.45) is 2.97. The van der Waals surface area contributed by atoms with Gasteiger partial charge in [0.25, 0.3) is 0 Å². The molecule has 0 atom stereocenters. The van der Waals surface area contributed by atoms with Crippen LogP contribution in [0.1, 0.15) is 19.3 Å². The van der Waals surface area contributed by atoms with Crippen molar-refractivity contribution >= 4 is 10.0 Å². The lowest BCUT2D eigenvalue weighted by atomic mass is 9.94. The zero-order valence-electron chi connectivity index (χ0n) is 9.13. The fraction of sp³-hybridized carbons (Fsp3) is 0.455. The van der Waals surface area contributed by atoms with E-state index in [2.05, 4.69) is 0 Å². The fourth-order valence-corrected chi connectivity index (χ4v) is 3.15. The van der Waals surface area contributed by atoms with E-state index in [4.69, 9.17) is 5.11 Å². The van der Waals surface area contributed by atoms with Crippen LogP contribution in [0.2, 0.25) is 0 Å². The third kappa shape index (κ3) is 1.92. The van der Waals surface area contributed by atoms with E-state index in [1.807, 2.05) is 0 Å². The average molecular weight is 241 g/mol. The second-order valence-corrected chi connectivity index (χ2v) is 6.10. The number of phenolic OH excluding ortho intramolecular Hbond substituents is 1. The van der Waals surface area contributed by atoms with Crippen LogP contribution < -0.4 is 0 Å². The quantitative estimate of drug-likeness (QED) is 0.873. The number of aromatic hydroxyl groups is 1. The summed E-state index contributed by atoms with van der Waals surface area (Å²) in [6.45, 7) is 0. The van der Waals surface area contributed by atoms with E-state index < -0.39 is 10.0 Å². The first kappa shape index (κ1) is 11.4. The lowest BCUT2D eigenvalue weighted by Gasteiger charge is -2.33. The highest BCUT2D eigenvalue weighted by Crippen LogP contribution is 2.28. The molecule has 1 N–H and O–H groups in total. The highest BCUT2D eigenvalue weighted by molar-refractivity contribution is 7.89. The summed E-state index contributed by atoms with van der Waals surface area (Å²) >= 11 is 0. The van der Waals surface area contributed by atoms with Gasteiger partial charge in [-0.3, -0.25) is 0 Å². The number of hydrogen-bond acceptors (Lipinski definition) is 3. The maximum Gasteiger partial charge on any atom is 0.243 e. The number of phenols is 1. The van der Waals surface area contributed by atoms with Gasteiger partial charge < -0.3 is 5.11 Å². The van der Waals surface area contributed by atoms with E-state index in [0.29, 0.717) is 0 Å². The van der Waals surface area contributed by atoms with E-state index in [1.54, 1.807) is 7.05 Å². The predicted molar refractivity (Wildman–Crippen MR) is 60.7 cm³/mol. The second-order valence-electron chi connectivity index (χ2n) is 4.10. The van der Waals surface area contributed by atoms with Crippen molar-refractivity contribution in [2.75, 3.05) is 7.05 Å². The summed E-state index contributed by atoms with van der Waals surface area (Å²) in [5, 5.41) is 9.12. The molecule has 0 unspecified atom stereocenters. The van der Waals surface area contributed by atoms with Gasteiger partial charge in [0.05, 0.1) is 4.90 Å². The molecule has 1 aliphatic carbocycles. The van der Waals surface area contributed by atoms with Gasteiger partial charge >= 0.3 is 0 Å². The van der Waals surface area contributed by atoms with E-state index in [9.17, 15) is 8.42 Å². The highest BCUT2D eigenvalue weighted by Gasteiger charge is 2.31. The molecule has 0 amide bonds. The highest BCUT2D eigenvalue weighted by atomic mass is 32.2. The van der Waals surface area contributed by atoms with Crippen molar-refractivity contribution in [3.05, 3.63) is 24.3 Å². The Kier molecular flexibility index (Phi) is 2.90. The van der Waals surface area contributed by atoms with Crippen LogP contribution in [-0.2, 0) is 10.0 Å². The van der Waals surface area contributed by atoms with Crippen molar-refractivity contribution in [3.8, 4) is 5.75 Å². The lowest BCUT2D eigenvalue weighted by Crippen LogP contribution is -2.41. The molecule has 4 nitrogen and oxygen atoms in total. The Bertz CT molecular complexity index is 463. The van der Waals surface area contributed by atoms with E-state index >= 15 is 0 Å². The van der Waals surface area contributed by atoms with Crippen molar-refractivity contribution in [3.63, 3.8) is 0 Å². The molecule has 0 aromatic heterocycles. The topological polar surface area (TPSA) is 57.6 Å². The van der Waals surface area contributed by atoms with Crippen molar-refractivity contribution in [1.82, 2.24) is 4.31 Å². The Labute approximate surface area is 95.6 Å². The van der Waals surface area contributed by atoms with Gasteiger partial charge in [0, 0.05) is 13.1 Å². The SMILES string of the molecule is CN(C1CCC1)S(=O)(=O)c1ccc(O)cc1. The molecular formula is C11H15NO3S. The van der Waals surface area contributed by atoms with Crippen molar-refractivity contribution in [2.24, 2.45) is 0 Å². The van der Waals surface area contributed by atoms with Crippen LogP contribution in [0.15, 0.2) is 29.2 Å². The third-order valence-electron chi connectivity index (χ3n) is 3.10. The van der Waals surface area contributed by atoms with Crippen LogP contribution >= 0.6 is 0 Å². The summed E-state index contributed by atoms with van der Waals surface area (Å²) in [4.78, 5) is 0.236. The molecule has 88 valence electrons. The first-order valence-corrected chi connectivity index (χ1v) is 6.73. The van der Waals surface area contributed by atoms with Crippen molar-refractivity contribution in [2.45, 2.75) is 30.2 Å². The van der Waals surface area contributed by atoms with Gasteiger partial charge in [-0.05, 0) is 37.1 Å². The van der Waals surface area contributed by atoms with Gasteiger partial charge in [0.15, 0.2) is 0 Å². The van der Waals surface area contributed by atoms with Crippen LogP contribution in [0.3, 0.4) is 0 Å². The Morgan fingerprint density at radius 3 is 2.25 bits per heavy atom. The Morgan fingerprint density at radius 1 is 1.25 bits per heavy atom. The molecule has 1 aromatic rings. The number of sulfonamides is 1. The average Bonchev–Trinajstić information content (AvgIpc) is 2.15. The minimum atomic E-state index is -3.39. The maximum atomic E-state index is 12.1. The summed E-state index contributed by atoms with van der Waals surface area (Å²) in [7, 11) is -1.78. The molecule has 0 radical (unpaired) electrons. The van der Waals surface area contributed by atoms with Crippen LogP contribution in [0.5, 0.6) is 5.75 Å². The number of benzene rings is 1. The number of rotatable bonds is 3. The molecule has 0 heterocycles. The van der Waals surface area contributed by atoms with Crippen LogP contribution in [0.4, 0.5) is 0 Å². The summed E-state index contributed by atoms with van der Waals surface area (Å²) in [6, 6.07) is 5.78. The van der Waals surface area contributed by atoms with Gasteiger partial charge in [-0.1, -0.05) is 6.42 Å². The van der Waals surface area contributed by atoms with Crippen LogP contribution in [0, 0.1) is 0 Å². The number of nitrogens with zero attached hydrogens (tertiary/aromatic N) is 1. The fourth-order valence-electron chi connectivity index (χ4n) is 1.73. The molecule has 0 aliphatic heterocycles. The van der Waals surface area contributed by atoms with E-state index in [1.165, 1.54) is 28.6 Å². The minimum Gasteiger partial charge on any atom is -0.508 e. The molecule has 16 heavy (non-hydrogen) atoms. The summed E-state index contributed by atoms with van der Waals surface area (Å²) in [5.74, 6) is 0.0743. The normalized spacial score (nSPS) is 17.4. The summed E-state index contributed by atoms with van der Waals surface area (Å²) < 4.78 is 25.7. The zero-order chi connectivity index (χ0) is 11.8. The monoisotopic (exact) mass is 241 g/mol. The Hall–Kier alpha value is -1.07. The Morgan fingerprint density at radius 2 is 1.81 bits per heavy atom. The number of hydrogen-bond donors (Lipinski definition) is 1. The van der Waals surface area contributed by atoms with Gasteiger partial charge in [-0.15, -0.1) is 0 Å². The van der Waals surface area contributed by atoms with Gasteiger partial charge in [0.2, 0.25) is 10.0 Å². The molecule has 1 aliphatic rings. The van der Waals surface area contributed by atoms with Crippen LogP contribution in [-0.4, -0.2) is 30.9 Å². The van der Waals surface area contributed by atoms with Crippen molar-refractivity contribution in [1.29, 1.82) is 0 Å². The predicted octanol–water partition coefficient (Wildman–Crippen LogP) is 1.57. The van der Waals surface area contributed by atoms with E-state index in [0.717, 1.165) is 19.3 Å². The molecule has 0 saturated heterocycles. The van der Waals surface area contributed by atoms with Crippen molar-refractivity contribution < 1.29 is 13.5 Å². The molecule has 0 bridgehead atoms. The molecule has 5 heteroatoms. The molecule has 0 spiro atoms. The minimum absolute atomic E-state index is 0.0743. The largest absolute Gasteiger partial charge is 0.508 e. The molecule has 1 saturated carbocycles. The van der Waals surface area contributed by atoms with Crippen LogP contribution in [0.25, 0.3) is 0 Å². The lowest BCUT2D eigenvalue weighted by molar-refractivity contribution is 0.249. The maximum absolute atomic E-state index is 12.1.